The van der Waals surface area contributed by atoms with Gasteiger partial charge in [0.1, 0.15) is 5.56 Å². The van der Waals surface area contributed by atoms with Gasteiger partial charge in [0.05, 0.1) is 6.61 Å². The van der Waals surface area contributed by atoms with E-state index in [4.69, 9.17) is 19.9 Å². The van der Waals surface area contributed by atoms with Crippen molar-refractivity contribution >= 4 is 11.7 Å². The topological polar surface area (TPSA) is 70.8 Å². The van der Waals surface area contributed by atoms with E-state index in [1.807, 2.05) is 12.1 Å². The Kier molecular flexibility index (Phi) is 2.95. The van der Waals surface area contributed by atoms with Gasteiger partial charge in [-0.15, -0.1) is 0 Å². The summed E-state index contributed by atoms with van der Waals surface area (Å²) in [7, 11) is 0. The van der Waals surface area contributed by atoms with E-state index in [0.29, 0.717) is 28.7 Å². The molecule has 5 heteroatoms. The van der Waals surface area contributed by atoms with Gasteiger partial charge < -0.3 is 19.9 Å². The lowest BCUT2D eigenvalue weighted by Gasteiger charge is -2.22. The van der Waals surface area contributed by atoms with Crippen molar-refractivity contribution < 1.29 is 19.0 Å². The van der Waals surface area contributed by atoms with Gasteiger partial charge >= 0.3 is 5.97 Å². The number of nitrogen functional groups attached to an aromatic ring is 1. The molecule has 3 rings (SSSR count). The van der Waals surface area contributed by atoms with Gasteiger partial charge in [-0.25, -0.2) is 4.79 Å². The molecule has 0 saturated heterocycles. The maximum Gasteiger partial charge on any atom is 0.342 e. The van der Waals surface area contributed by atoms with Gasteiger partial charge in [-0.1, -0.05) is 12.1 Å². The second-order valence-corrected chi connectivity index (χ2v) is 4.27. The third-order valence-electron chi connectivity index (χ3n) is 2.85. The van der Waals surface area contributed by atoms with Gasteiger partial charge in [0.2, 0.25) is 0 Å². The van der Waals surface area contributed by atoms with Crippen LogP contribution in [0.25, 0.3) is 0 Å². The van der Waals surface area contributed by atoms with Crippen LogP contribution in [0, 0.1) is 0 Å². The minimum atomic E-state index is -0.487. The van der Waals surface area contributed by atoms with Crippen molar-refractivity contribution in [2.75, 3.05) is 12.3 Å². The Morgan fingerprint density at radius 1 is 1.15 bits per heavy atom. The number of hydrogen-bond donors (Lipinski definition) is 1. The SMILES string of the molecule is CCOC(=O)c1cc(N)cc2c1Oc1ccccc1O2. The van der Waals surface area contributed by atoms with E-state index in [1.54, 1.807) is 25.1 Å². The highest BCUT2D eigenvalue weighted by atomic mass is 16.6. The van der Waals surface area contributed by atoms with E-state index < -0.39 is 5.97 Å². The molecule has 0 bridgehead atoms. The van der Waals surface area contributed by atoms with Gasteiger partial charge in [-0.3, -0.25) is 0 Å². The molecule has 1 aliphatic heterocycles. The molecular formula is C15H13NO4. The zero-order valence-electron chi connectivity index (χ0n) is 10.9. The van der Waals surface area contributed by atoms with Crippen molar-refractivity contribution in [3.05, 3.63) is 42.0 Å². The maximum atomic E-state index is 12.0. The van der Waals surface area contributed by atoms with Crippen molar-refractivity contribution in [3.8, 4) is 23.0 Å². The Labute approximate surface area is 115 Å². The van der Waals surface area contributed by atoms with Crippen LogP contribution in [-0.2, 0) is 4.74 Å². The lowest BCUT2D eigenvalue weighted by Crippen LogP contribution is -2.10. The monoisotopic (exact) mass is 271 g/mol. The summed E-state index contributed by atoms with van der Waals surface area (Å²) in [5.74, 6) is 1.39. The minimum Gasteiger partial charge on any atom is -0.462 e. The van der Waals surface area contributed by atoms with Gasteiger partial charge in [0.15, 0.2) is 23.0 Å². The molecule has 2 aromatic carbocycles. The van der Waals surface area contributed by atoms with Crippen LogP contribution in [0.3, 0.4) is 0 Å². The fraction of sp³-hybridized carbons (Fsp3) is 0.133. The van der Waals surface area contributed by atoms with Crippen LogP contribution < -0.4 is 15.2 Å². The van der Waals surface area contributed by atoms with Crippen molar-refractivity contribution in [3.63, 3.8) is 0 Å². The first-order valence-electron chi connectivity index (χ1n) is 6.24. The standard InChI is InChI=1S/C15H13NO4/c1-2-18-15(17)10-7-9(16)8-13-14(10)20-12-6-4-3-5-11(12)19-13/h3-8H,2,16H2,1H3. The first kappa shape index (κ1) is 12.3. The Hall–Kier alpha value is -2.69. The van der Waals surface area contributed by atoms with Crippen molar-refractivity contribution in [1.82, 2.24) is 0 Å². The largest absolute Gasteiger partial charge is 0.462 e. The molecule has 1 heterocycles. The number of esters is 1. The number of anilines is 1. The Bertz CT molecular complexity index is 682. The minimum absolute atomic E-state index is 0.261. The fourth-order valence-corrected chi connectivity index (χ4v) is 2.01. The molecule has 0 amide bonds. The van der Waals surface area contributed by atoms with Crippen LogP contribution in [0.2, 0.25) is 0 Å². The number of rotatable bonds is 2. The molecule has 0 spiro atoms. The summed E-state index contributed by atoms with van der Waals surface area (Å²) in [6.07, 6.45) is 0. The highest BCUT2D eigenvalue weighted by molar-refractivity contribution is 5.95. The molecule has 102 valence electrons. The number of nitrogens with two attached hydrogens (primary N) is 1. The van der Waals surface area contributed by atoms with E-state index in [2.05, 4.69) is 0 Å². The van der Waals surface area contributed by atoms with Crippen LogP contribution in [0.15, 0.2) is 36.4 Å². The second kappa shape index (κ2) is 4.77. The molecule has 0 radical (unpaired) electrons. The van der Waals surface area contributed by atoms with Gasteiger partial charge in [-0.05, 0) is 25.1 Å². The van der Waals surface area contributed by atoms with Gasteiger partial charge in [-0.2, -0.15) is 0 Å². The summed E-state index contributed by atoms with van der Waals surface area (Å²) < 4.78 is 16.5. The highest BCUT2D eigenvalue weighted by Crippen LogP contribution is 2.47. The Morgan fingerprint density at radius 2 is 1.85 bits per heavy atom. The molecule has 0 saturated carbocycles. The first-order chi connectivity index (χ1) is 9.69. The predicted molar refractivity (Wildman–Crippen MR) is 73.4 cm³/mol. The van der Waals surface area contributed by atoms with Crippen molar-refractivity contribution in [2.24, 2.45) is 0 Å². The van der Waals surface area contributed by atoms with Crippen LogP contribution in [0.5, 0.6) is 23.0 Å². The maximum absolute atomic E-state index is 12.0. The summed E-state index contributed by atoms with van der Waals surface area (Å²) in [5.41, 5.74) is 6.47. The number of hydrogen-bond acceptors (Lipinski definition) is 5. The first-order valence-corrected chi connectivity index (χ1v) is 6.24. The summed E-state index contributed by atoms with van der Waals surface area (Å²) in [4.78, 5) is 12.0. The molecule has 20 heavy (non-hydrogen) atoms. The lowest BCUT2D eigenvalue weighted by molar-refractivity contribution is 0.0522. The number of para-hydroxylation sites is 2. The lowest BCUT2D eigenvalue weighted by atomic mass is 10.1. The second-order valence-electron chi connectivity index (χ2n) is 4.27. The molecule has 0 atom stereocenters. The van der Waals surface area contributed by atoms with E-state index >= 15 is 0 Å². The molecule has 0 unspecified atom stereocenters. The molecule has 2 aromatic rings. The Morgan fingerprint density at radius 3 is 2.55 bits per heavy atom. The average molecular weight is 271 g/mol. The number of carbonyl (C=O) groups excluding carboxylic acids is 1. The van der Waals surface area contributed by atoms with E-state index in [9.17, 15) is 4.79 Å². The van der Waals surface area contributed by atoms with Gasteiger partial charge in [0, 0.05) is 11.8 Å². The van der Waals surface area contributed by atoms with Crippen LogP contribution >= 0.6 is 0 Å². The van der Waals surface area contributed by atoms with E-state index in [-0.39, 0.29) is 12.2 Å². The normalized spacial score (nSPS) is 11.7. The number of benzene rings is 2. The summed E-state index contributed by atoms with van der Waals surface area (Å²) in [6.45, 7) is 2.02. The molecule has 0 aromatic heterocycles. The van der Waals surface area contributed by atoms with Crippen LogP contribution in [0.4, 0.5) is 5.69 Å². The summed E-state index contributed by atoms with van der Waals surface area (Å²) in [6, 6.07) is 10.4. The van der Waals surface area contributed by atoms with E-state index in [0.717, 1.165) is 0 Å². The summed E-state index contributed by atoms with van der Waals surface area (Å²) in [5, 5.41) is 0. The molecule has 0 fully saturated rings. The van der Waals surface area contributed by atoms with Crippen molar-refractivity contribution in [1.29, 1.82) is 0 Å². The Balaban J connectivity index is 2.08. The third kappa shape index (κ3) is 2.03. The molecule has 2 N–H and O–H groups in total. The third-order valence-corrected chi connectivity index (χ3v) is 2.85. The quantitative estimate of drug-likeness (QED) is 0.571. The van der Waals surface area contributed by atoms with Crippen molar-refractivity contribution in [2.45, 2.75) is 6.92 Å². The van der Waals surface area contributed by atoms with Gasteiger partial charge in [0.25, 0.3) is 0 Å². The summed E-state index contributed by atoms with van der Waals surface area (Å²) >= 11 is 0. The smallest absolute Gasteiger partial charge is 0.342 e. The zero-order chi connectivity index (χ0) is 14.1. The zero-order valence-corrected chi connectivity index (χ0v) is 10.9. The average Bonchev–Trinajstić information content (AvgIpc) is 2.44. The molecular weight excluding hydrogens is 258 g/mol. The fourth-order valence-electron chi connectivity index (χ4n) is 2.01. The molecule has 5 nitrogen and oxygen atoms in total. The number of ether oxygens (including phenoxy) is 3. The molecule has 1 aliphatic rings. The van der Waals surface area contributed by atoms with Crippen LogP contribution in [-0.4, -0.2) is 12.6 Å². The molecule has 0 aliphatic carbocycles. The van der Waals surface area contributed by atoms with E-state index in [1.165, 1.54) is 6.07 Å². The highest BCUT2D eigenvalue weighted by Gasteiger charge is 2.26. The number of fused-ring (bicyclic) bond motifs is 2. The van der Waals surface area contributed by atoms with Crippen LogP contribution in [0.1, 0.15) is 17.3 Å². The number of carbonyl (C=O) groups is 1. The predicted octanol–water partition coefficient (Wildman–Crippen LogP) is 3.34.